The van der Waals surface area contributed by atoms with Gasteiger partial charge in [-0.2, -0.15) is 17.5 Å². The Hall–Kier alpha value is -1.65. The molecule has 1 unspecified atom stereocenters. The first-order valence-electron chi connectivity index (χ1n) is 10.8. The number of rotatable bonds is 5. The number of nitrogens with one attached hydrogen (secondary N) is 1. The van der Waals surface area contributed by atoms with Crippen molar-refractivity contribution in [3.05, 3.63) is 29.8 Å². The Bertz CT molecular complexity index is 860. The molecule has 1 atom stereocenters. The van der Waals surface area contributed by atoms with Crippen LogP contribution in [-0.4, -0.2) is 61.8 Å². The van der Waals surface area contributed by atoms with Crippen molar-refractivity contribution in [1.29, 1.82) is 0 Å². The van der Waals surface area contributed by atoms with Gasteiger partial charge in [-0.1, -0.05) is 37.8 Å². The molecule has 3 rings (SSSR count). The summed E-state index contributed by atoms with van der Waals surface area (Å²) in [4.78, 5) is 13.8. The smallest absolute Gasteiger partial charge is 0.352 e. The van der Waals surface area contributed by atoms with Crippen molar-refractivity contribution in [2.45, 2.75) is 68.6 Å². The van der Waals surface area contributed by atoms with Crippen molar-refractivity contribution in [2.24, 2.45) is 0 Å². The van der Waals surface area contributed by atoms with E-state index in [1.807, 2.05) is 4.90 Å². The number of hydrogen-bond acceptors (Lipinski definition) is 4. The van der Waals surface area contributed by atoms with Crippen molar-refractivity contribution < 1.29 is 26.4 Å². The third kappa shape index (κ3) is 5.78. The molecule has 0 spiro atoms. The van der Waals surface area contributed by atoms with Gasteiger partial charge < -0.3 is 5.32 Å². The van der Waals surface area contributed by atoms with Gasteiger partial charge in [0.05, 0.1) is 16.5 Å². The molecule has 1 aromatic rings. The largest absolute Gasteiger partial charge is 0.417 e. The molecule has 6 nitrogen and oxygen atoms in total. The lowest BCUT2D eigenvalue weighted by atomic mass is 10.1. The zero-order chi connectivity index (χ0) is 22.6. The summed E-state index contributed by atoms with van der Waals surface area (Å²) in [5.74, 6) is -0.0781. The maximum Gasteiger partial charge on any atom is 0.417 e. The van der Waals surface area contributed by atoms with Crippen molar-refractivity contribution in [3.8, 4) is 0 Å². The number of hydrogen-bond donors (Lipinski definition) is 1. The van der Waals surface area contributed by atoms with E-state index < -0.39 is 32.7 Å². The van der Waals surface area contributed by atoms with Gasteiger partial charge in [-0.15, -0.1) is 0 Å². The van der Waals surface area contributed by atoms with E-state index >= 15 is 0 Å². The Labute approximate surface area is 181 Å². The summed E-state index contributed by atoms with van der Waals surface area (Å²) in [5.41, 5.74) is -1.16. The first kappa shape index (κ1) is 24.0. The van der Waals surface area contributed by atoms with Gasteiger partial charge in [0.2, 0.25) is 15.9 Å². The number of amides is 1. The lowest BCUT2D eigenvalue weighted by Crippen LogP contribution is -2.55. The van der Waals surface area contributed by atoms with Crippen LogP contribution in [0.5, 0.6) is 0 Å². The molecule has 10 heteroatoms. The van der Waals surface area contributed by atoms with Crippen LogP contribution < -0.4 is 5.32 Å². The highest BCUT2D eigenvalue weighted by molar-refractivity contribution is 7.89. The molecule has 31 heavy (non-hydrogen) atoms. The number of sulfonamides is 1. The van der Waals surface area contributed by atoms with E-state index in [4.69, 9.17) is 0 Å². The topological polar surface area (TPSA) is 69.7 Å². The van der Waals surface area contributed by atoms with Gasteiger partial charge >= 0.3 is 6.18 Å². The Morgan fingerprint density at radius 1 is 1.03 bits per heavy atom. The monoisotopic (exact) mass is 461 g/mol. The molecule has 1 heterocycles. The van der Waals surface area contributed by atoms with E-state index in [1.165, 1.54) is 25.0 Å². The molecule has 1 aromatic carbocycles. The number of carbonyl (C=O) groups excluding carboxylic acids is 1. The van der Waals surface area contributed by atoms with E-state index in [0.717, 1.165) is 42.1 Å². The molecule has 1 amide bonds. The van der Waals surface area contributed by atoms with Gasteiger partial charge in [-0.3, -0.25) is 9.69 Å². The second-order valence-electron chi connectivity index (χ2n) is 8.31. The van der Waals surface area contributed by atoms with Crippen LogP contribution >= 0.6 is 0 Å². The highest BCUT2D eigenvalue weighted by atomic mass is 32.2. The molecule has 1 aliphatic carbocycles. The highest BCUT2D eigenvalue weighted by Crippen LogP contribution is 2.35. The van der Waals surface area contributed by atoms with Crippen molar-refractivity contribution in [2.75, 3.05) is 26.2 Å². The minimum atomic E-state index is -4.75. The number of alkyl halides is 3. The van der Waals surface area contributed by atoms with Crippen LogP contribution in [0.1, 0.15) is 51.0 Å². The summed E-state index contributed by atoms with van der Waals surface area (Å²) in [5, 5.41) is 3.11. The molecule has 174 valence electrons. The van der Waals surface area contributed by atoms with E-state index in [1.54, 1.807) is 6.92 Å². The van der Waals surface area contributed by atoms with Gasteiger partial charge in [0, 0.05) is 32.2 Å². The summed E-state index contributed by atoms with van der Waals surface area (Å²) in [6.07, 6.45) is 1.79. The zero-order valence-electron chi connectivity index (χ0n) is 17.7. The van der Waals surface area contributed by atoms with Crippen LogP contribution in [0.4, 0.5) is 13.2 Å². The Morgan fingerprint density at radius 3 is 2.19 bits per heavy atom. The Balaban J connectivity index is 1.62. The van der Waals surface area contributed by atoms with Gasteiger partial charge in [0.1, 0.15) is 0 Å². The molecule has 1 saturated carbocycles. The summed E-state index contributed by atoms with van der Waals surface area (Å²) < 4.78 is 66.7. The quantitative estimate of drug-likeness (QED) is 0.684. The molecular weight excluding hydrogens is 431 g/mol. The lowest BCUT2D eigenvalue weighted by Gasteiger charge is -2.37. The van der Waals surface area contributed by atoms with Crippen LogP contribution in [0.2, 0.25) is 0 Å². The van der Waals surface area contributed by atoms with Crippen LogP contribution in [0.15, 0.2) is 29.2 Å². The van der Waals surface area contributed by atoms with Gasteiger partial charge in [-0.05, 0) is 31.9 Å². The third-order valence-electron chi connectivity index (χ3n) is 6.21. The van der Waals surface area contributed by atoms with Crippen LogP contribution in [-0.2, 0) is 21.0 Å². The molecule has 1 saturated heterocycles. The summed E-state index contributed by atoms with van der Waals surface area (Å²) in [6, 6.07) is 4.00. The zero-order valence-corrected chi connectivity index (χ0v) is 18.5. The molecular formula is C21H30F3N3O3S. The highest BCUT2D eigenvalue weighted by Gasteiger charge is 2.40. The minimum absolute atomic E-state index is 0.0373. The fraction of sp³-hybridized carbons (Fsp3) is 0.667. The number of benzene rings is 1. The average Bonchev–Trinajstić information content (AvgIpc) is 3.01. The normalized spacial score (nSPS) is 21.4. The first-order valence-corrected chi connectivity index (χ1v) is 12.3. The maximum atomic E-state index is 13.3. The number of halogens is 3. The van der Waals surface area contributed by atoms with E-state index in [0.29, 0.717) is 0 Å². The summed E-state index contributed by atoms with van der Waals surface area (Å²) >= 11 is 0. The van der Waals surface area contributed by atoms with Crippen molar-refractivity contribution >= 4 is 15.9 Å². The number of carbonyl (C=O) groups is 1. The lowest BCUT2D eigenvalue weighted by molar-refractivity contribution is -0.140. The summed E-state index contributed by atoms with van der Waals surface area (Å²) in [6.45, 7) is 2.43. The maximum absolute atomic E-state index is 13.3. The van der Waals surface area contributed by atoms with E-state index in [9.17, 15) is 26.4 Å². The van der Waals surface area contributed by atoms with Gasteiger partial charge in [0.25, 0.3) is 0 Å². The molecule has 1 N–H and O–H groups in total. The summed E-state index contributed by atoms with van der Waals surface area (Å²) in [7, 11) is -4.29. The second kappa shape index (κ2) is 9.87. The predicted octanol–water partition coefficient (Wildman–Crippen LogP) is 3.24. The molecule has 0 aromatic heterocycles. The Kier molecular flexibility index (Phi) is 7.64. The number of piperazine rings is 1. The molecule has 2 aliphatic rings. The third-order valence-corrected chi connectivity index (χ3v) is 8.17. The average molecular weight is 462 g/mol. The fourth-order valence-electron chi connectivity index (χ4n) is 4.31. The predicted molar refractivity (Wildman–Crippen MR) is 111 cm³/mol. The number of nitrogens with zero attached hydrogens (tertiary/aromatic N) is 2. The minimum Gasteiger partial charge on any atom is -0.352 e. The van der Waals surface area contributed by atoms with Crippen LogP contribution in [0.25, 0.3) is 0 Å². The Morgan fingerprint density at radius 2 is 1.61 bits per heavy atom. The fourth-order valence-corrected chi connectivity index (χ4v) is 5.94. The van der Waals surface area contributed by atoms with E-state index in [-0.39, 0.29) is 38.1 Å². The molecule has 0 radical (unpaired) electrons. The SMILES string of the molecule is CC(C(=O)NC1CCCCCC1)N1CCN(S(=O)(=O)c2ccccc2C(F)(F)F)CC1. The first-order chi connectivity index (χ1) is 14.6. The van der Waals surface area contributed by atoms with Crippen LogP contribution in [0, 0.1) is 0 Å². The molecule has 0 bridgehead atoms. The standard InChI is InChI=1S/C21H30F3N3O3S/c1-16(20(28)25-17-8-4-2-3-5-9-17)26-12-14-27(15-13-26)31(29,30)19-11-7-6-10-18(19)21(22,23)24/h6-7,10-11,16-17H,2-5,8-9,12-15H2,1H3,(H,25,28). The van der Waals surface area contributed by atoms with Gasteiger partial charge in [-0.25, -0.2) is 8.42 Å². The molecule has 1 aliphatic heterocycles. The second-order valence-corrected chi connectivity index (χ2v) is 10.2. The van der Waals surface area contributed by atoms with Crippen molar-refractivity contribution in [1.82, 2.24) is 14.5 Å². The van der Waals surface area contributed by atoms with Crippen LogP contribution in [0.3, 0.4) is 0 Å². The van der Waals surface area contributed by atoms with Crippen molar-refractivity contribution in [3.63, 3.8) is 0 Å². The van der Waals surface area contributed by atoms with Gasteiger partial charge in [0.15, 0.2) is 0 Å². The van der Waals surface area contributed by atoms with E-state index in [2.05, 4.69) is 5.32 Å². The molecule has 2 fully saturated rings.